The van der Waals surface area contributed by atoms with Crippen molar-refractivity contribution in [3.8, 4) is 0 Å². The topological polar surface area (TPSA) is 115 Å². The molecule has 0 radical (unpaired) electrons. The molecule has 2 aromatic rings. The largest absolute Gasteiger partial charge is 0.478 e. The summed E-state index contributed by atoms with van der Waals surface area (Å²) >= 11 is 0. The van der Waals surface area contributed by atoms with Crippen LogP contribution in [0, 0.1) is 5.92 Å². The first kappa shape index (κ1) is 39.3. The van der Waals surface area contributed by atoms with Crippen LogP contribution in [0.25, 0.3) is 0 Å². The molecule has 42 heavy (non-hydrogen) atoms. The van der Waals surface area contributed by atoms with Crippen LogP contribution in [0.3, 0.4) is 0 Å². The molecule has 0 spiro atoms. The third kappa shape index (κ3) is 18.7. The highest BCUT2D eigenvalue weighted by Gasteiger charge is 2.20. The van der Waals surface area contributed by atoms with Crippen molar-refractivity contribution in [1.82, 2.24) is 0 Å². The minimum Gasteiger partial charge on any atom is -0.478 e. The Labute approximate surface area is 255 Å². The first-order chi connectivity index (χ1) is 20.1. The van der Waals surface area contributed by atoms with Crippen molar-refractivity contribution in [2.24, 2.45) is 5.92 Å². The van der Waals surface area contributed by atoms with Crippen molar-refractivity contribution >= 4 is 11.9 Å². The molecular formula is C36H58O6. The fraction of sp³-hybridized carbons (Fsp3) is 0.611. The van der Waals surface area contributed by atoms with Crippen molar-refractivity contribution in [1.29, 1.82) is 0 Å². The monoisotopic (exact) mass is 586 g/mol. The minimum atomic E-state index is -0.854. The summed E-state index contributed by atoms with van der Waals surface area (Å²) in [4.78, 5) is 21.2. The average molecular weight is 587 g/mol. The van der Waals surface area contributed by atoms with Crippen LogP contribution in [0.5, 0.6) is 0 Å². The van der Waals surface area contributed by atoms with Crippen LogP contribution >= 0.6 is 0 Å². The van der Waals surface area contributed by atoms with Crippen LogP contribution in [-0.2, 0) is 12.8 Å². The maximum atomic E-state index is 10.6. The van der Waals surface area contributed by atoms with E-state index >= 15 is 0 Å². The smallest absolute Gasteiger partial charge is 0.335 e. The van der Waals surface area contributed by atoms with Crippen LogP contribution in [0.15, 0.2) is 48.5 Å². The summed E-state index contributed by atoms with van der Waals surface area (Å²) < 4.78 is 0. The predicted molar refractivity (Wildman–Crippen MR) is 173 cm³/mol. The normalized spacial score (nSPS) is 12.6. The molecule has 2 atom stereocenters. The summed E-state index contributed by atoms with van der Waals surface area (Å²) in [5, 5.41) is 36.6. The number of carboxylic acid groups (broad SMARTS) is 2. The van der Waals surface area contributed by atoms with E-state index in [-0.39, 0.29) is 18.1 Å². The second kappa shape index (κ2) is 24.9. The summed E-state index contributed by atoms with van der Waals surface area (Å²) in [5.74, 6) is -1.69. The Hall–Kier alpha value is -2.70. The lowest BCUT2D eigenvalue weighted by atomic mass is 9.92. The SMILES string of the molecule is CCCC(O)C(C)C(O)CCC.CCCCCCc1ccc(C(=O)O)cc1.CCCCCCc1ccc(C(=O)O)cc1. The zero-order valence-corrected chi connectivity index (χ0v) is 26.9. The van der Waals surface area contributed by atoms with Gasteiger partial charge in [-0.15, -0.1) is 0 Å². The van der Waals surface area contributed by atoms with Crippen molar-refractivity contribution in [3.05, 3.63) is 70.8 Å². The van der Waals surface area contributed by atoms with Gasteiger partial charge < -0.3 is 20.4 Å². The van der Waals surface area contributed by atoms with Crippen molar-refractivity contribution in [3.63, 3.8) is 0 Å². The molecule has 0 aliphatic heterocycles. The Balaban J connectivity index is 0.000000606. The Morgan fingerprint density at radius 1 is 0.548 bits per heavy atom. The van der Waals surface area contributed by atoms with Gasteiger partial charge in [-0.05, 0) is 73.9 Å². The van der Waals surface area contributed by atoms with Gasteiger partial charge in [0, 0.05) is 5.92 Å². The van der Waals surface area contributed by atoms with E-state index in [0.717, 1.165) is 38.5 Å². The van der Waals surface area contributed by atoms with E-state index in [1.54, 1.807) is 24.3 Å². The zero-order valence-electron chi connectivity index (χ0n) is 26.9. The molecule has 0 amide bonds. The number of aliphatic hydroxyl groups is 2. The average Bonchev–Trinajstić information content (AvgIpc) is 2.98. The second-order valence-electron chi connectivity index (χ2n) is 11.2. The van der Waals surface area contributed by atoms with Crippen molar-refractivity contribution in [2.75, 3.05) is 0 Å². The number of carboxylic acids is 2. The van der Waals surface area contributed by atoms with Crippen LogP contribution in [0.2, 0.25) is 0 Å². The van der Waals surface area contributed by atoms with E-state index in [9.17, 15) is 19.8 Å². The number of hydrogen-bond acceptors (Lipinski definition) is 4. The van der Waals surface area contributed by atoms with Gasteiger partial charge >= 0.3 is 11.9 Å². The Bertz CT molecular complexity index is 861. The molecule has 6 heteroatoms. The fourth-order valence-corrected chi connectivity index (χ4v) is 4.51. The molecule has 238 valence electrons. The first-order valence-corrected chi connectivity index (χ1v) is 16.1. The molecule has 6 nitrogen and oxygen atoms in total. The second-order valence-corrected chi connectivity index (χ2v) is 11.2. The molecule has 2 aromatic carbocycles. The molecule has 0 aliphatic rings. The number of aliphatic hydroxyl groups excluding tert-OH is 2. The summed E-state index contributed by atoms with van der Waals surface area (Å²) in [6, 6.07) is 14.4. The molecular weight excluding hydrogens is 528 g/mol. The van der Waals surface area contributed by atoms with Gasteiger partial charge in [0.25, 0.3) is 0 Å². The molecule has 0 aromatic heterocycles. The third-order valence-electron chi connectivity index (χ3n) is 7.42. The van der Waals surface area contributed by atoms with Gasteiger partial charge in [-0.2, -0.15) is 0 Å². The summed E-state index contributed by atoms with van der Waals surface area (Å²) in [5.41, 5.74) is 3.20. The molecule has 0 saturated carbocycles. The summed E-state index contributed by atoms with van der Waals surface area (Å²) in [6.07, 6.45) is 15.0. The lowest BCUT2D eigenvalue weighted by Crippen LogP contribution is -2.29. The van der Waals surface area contributed by atoms with Gasteiger partial charge in [-0.1, -0.05) is 110 Å². The molecule has 0 saturated heterocycles. The lowest BCUT2D eigenvalue weighted by Gasteiger charge is -2.23. The van der Waals surface area contributed by atoms with Crippen LogP contribution in [0.1, 0.15) is 144 Å². The number of aryl methyl sites for hydroxylation is 2. The highest BCUT2D eigenvalue weighted by atomic mass is 16.4. The molecule has 0 bridgehead atoms. The third-order valence-corrected chi connectivity index (χ3v) is 7.42. The minimum absolute atomic E-state index is 0.0184. The Morgan fingerprint density at radius 2 is 0.881 bits per heavy atom. The molecule has 0 heterocycles. The van der Waals surface area contributed by atoms with E-state index in [1.807, 2.05) is 45.0 Å². The van der Waals surface area contributed by atoms with Crippen LogP contribution < -0.4 is 0 Å². The van der Waals surface area contributed by atoms with Crippen molar-refractivity contribution < 1.29 is 30.0 Å². The molecule has 2 rings (SSSR count). The van der Waals surface area contributed by atoms with Gasteiger partial charge in [0.2, 0.25) is 0 Å². The van der Waals surface area contributed by atoms with E-state index in [0.29, 0.717) is 11.1 Å². The highest BCUT2D eigenvalue weighted by molar-refractivity contribution is 5.87. The summed E-state index contributed by atoms with van der Waals surface area (Å²) in [6.45, 7) is 10.4. The number of unbranched alkanes of at least 4 members (excludes halogenated alkanes) is 6. The van der Waals surface area contributed by atoms with E-state index in [4.69, 9.17) is 10.2 Å². The number of benzene rings is 2. The maximum Gasteiger partial charge on any atom is 0.335 e. The van der Waals surface area contributed by atoms with E-state index < -0.39 is 11.9 Å². The van der Waals surface area contributed by atoms with Gasteiger partial charge in [0.15, 0.2) is 0 Å². The zero-order chi connectivity index (χ0) is 31.8. The van der Waals surface area contributed by atoms with E-state index in [2.05, 4.69) is 13.8 Å². The molecule has 0 aliphatic carbocycles. The fourth-order valence-electron chi connectivity index (χ4n) is 4.51. The number of rotatable bonds is 18. The number of aromatic carboxylic acids is 2. The Kier molecular flexibility index (Phi) is 23.3. The molecule has 4 N–H and O–H groups in total. The predicted octanol–water partition coefficient (Wildman–Crippen LogP) is 8.96. The van der Waals surface area contributed by atoms with E-state index in [1.165, 1.54) is 62.5 Å². The van der Waals surface area contributed by atoms with Gasteiger partial charge in [-0.25, -0.2) is 9.59 Å². The quantitative estimate of drug-likeness (QED) is 0.130. The maximum absolute atomic E-state index is 10.6. The first-order valence-electron chi connectivity index (χ1n) is 16.1. The van der Waals surface area contributed by atoms with Crippen LogP contribution in [-0.4, -0.2) is 44.6 Å². The van der Waals surface area contributed by atoms with Gasteiger partial charge in [0.1, 0.15) is 0 Å². The van der Waals surface area contributed by atoms with Crippen LogP contribution in [0.4, 0.5) is 0 Å². The standard InChI is InChI=1S/2C13H18O2.C10H22O2/c2*1-2-3-4-5-6-11-7-9-12(10-8-11)13(14)15;1-4-6-9(11)8(3)10(12)7-5-2/h2*7-10H,2-6H2,1H3,(H,14,15);8-12H,4-7H2,1-3H3. The summed E-state index contributed by atoms with van der Waals surface area (Å²) in [7, 11) is 0. The van der Waals surface area contributed by atoms with Gasteiger partial charge in [0.05, 0.1) is 23.3 Å². The number of hydrogen-bond donors (Lipinski definition) is 4. The van der Waals surface area contributed by atoms with Crippen molar-refractivity contribution in [2.45, 2.75) is 137 Å². The van der Waals surface area contributed by atoms with Gasteiger partial charge in [-0.3, -0.25) is 0 Å². The molecule has 0 fully saturated rings. The highest BCUT2D eigenvalue weighted by Crippen LogP contribution is 2.16. The molecule has 2 unspecified atom stereocenters. The number of carbonyl (C=O) groups is 2. The Morgan fingerprint density at radius 3 is 1.14 bits per heavy atom. The lowest BCUT2D eigenvalue weighted by molar-refractivity contribution is 0.0132.